The summed E-state index contributed by atoms with van der Waals surface area (Å²) in [4.78, 5) is 14.8. The first-order chi connectivity index (χ1) is 9.58. The highest BCUT2D eigenvalue weighted by atomic mass is 35.5. The van der Waals surface area contributed by atoms with Gasteiger partial charge >= 0.3 is 5.97 Å². The van der Waals surface area contributed by atoms with Gasteiger partial charge in [0.05, 0.1) is 18.1 Å². The first-order valence-corrected chi connectivity index (χ1v) is 6.01. The van der Waals surface area contributed by atoms with Gasteiger partial charge in [0, 0.05) is 6.07 Å². The summed E-state index contributed by atoms with van der Waals surface area (Å²) in [6.45, 7) is 0. The molecule has 0 amide bonds. The summed E-state index contributed by atoms with van der Waals surface area (Å²) in [6, 6.07) is 11.4. The third kappa shape index (κ3) is 3.46. The van der Waals surface area contributed by atoms with E-state index in [0.717, 1.165) is 5.56 Å². The highest BCUT2D eigenvalue weighted by molar-refractivity contribution is 6.29. The molecule has 0 bridgehead atoms. The molecule has 1 aromatic heterocycles. The van der Waals surface area contributed by atoms with Gasteiger partial charge in [0.25, 0.3) is 0 Å². The zero-order chi connectivity index (χ0) is 14.5. The number of nitriles is 1. The van der Waals surface area contributed by atoms with Crippen molar-refractivity contribution in [3.63, 3.8) is 0 Å². The largest absolute Gasteiger partial charge is 0.478 e. The smallest absolute Gasteiger partial charge is 0.335 e. The molecule has 0 saturated carbocycles. The Morgan fingerprint density at radius 1 is 1.35 bits per heavy atom. The number of halogens is 1. The standard InChI is InChI=1S/C14H9ClN2O3/c15-12-7-10(14(18)19)8-13(17-12)20-11-3-1-9(2-4-11)5-6-16/h1-4,7-8H,5H2,(H,18,19). The minimum Gasteiger partial charge on any atom is -0.478 e. The van der Waals surface area contributed by atoms with Crippen molar-refractivity contribution in [2.45, 2.75) is 6.42 Å². The Morgan fingerprint density at radius 3 is 2.65 bits per heavy atom. The summed E-state index contributed by atoms with van der Waals surface area (Å²) in [7, 11) is 0. The van der Waals surface area contributed by atoms with Crippen molar-refractivity contribution in [2.75, 3.05) is 0 Å². The molecule has 0 aliphatic rings. The highest BCUT2D eigenvalue weighted by Gasteiger charge is 2.09. The number of pyridine rings is 1. The van der Waals surface area contributed by atoms with E-state index in [1.807, 2.05) is 6.07 Å². The number of carboxylic acids is 1. The lowest BCUT2D eigenvalue weighted by molar-refractivity contribution is 0.0696. The van der Waals surface area contributed by atoms with Crippen LogP contribution in [0.1, 0.15) is 15.9 Å². The third-order valence-electron chi connectivity index (χ3n) is 2.45. The van der Waals surface area contributed by atoms with Crippen molar-refractivity contribution >= 4 is 17.6 Å². The van der Waals surface area contributed by atoms with Crippen LogP contribution in [0.3, 0.4) is 0 Å². The van der Waals surface area contributed by atoms with Gasteiger partial charge in [-0.1, -0.05) is 23.7 Å². The number of nitrogens with zero attached hydrogens (tertiary/aromatic N) is 2. The average Bonchev–Trinajstić information content (AvgIpc) is 2.40. The first-order valence-electron chi connectivity index (χ1n) is 5.63. The number of aromatic carboxylic acids is 1. The Labute approximate surface area is 120 Å². The van der Waals surface area contributed by atoms with E-state index in [-0.39, 0.29) is 16.6 Å². The van der Waals surface area contributed by atoms with Crippen LogP contribution >= 0.6 is 11.6 Å². The number of hydrogen-bond acceptors (Lipinski definition) is 4. The lowest BCUT2D eigenvalue weighted by Gasteiger charge is -2.06. The maximum Gasteiger partial charge on any atom is 0.335 e. The summed E-state index contributed by atoms with van der Waals surface area (Å²) in [5.74, 6) is -0.524. The van der Waals surface area contributed by atoms with Gasteiger partial charge in [-0.25, -0.2) is 9.78 Å². The molecule has 5 nitrogen and oxygen atoms in total. The fourth-order valence-electron chi connectivity index (χ4n) is 1.54. The maximum atomic E-state index is 10.9. The lowest BCUT2D eigenvalue weighted by atomic mass is 10.2. The van der Waals surface area contributed by atoms with E-state index < -0.39 is 5.97 Å². The van der Waals surface area contributed by atoms with Crippen molar-refractivity contribution in [3.05, 3.63) is 52.7 Å². The van der Waals surface area contributed by atoms with E-state index >= 15 is 0 Å². The van der Waals surface area contributed by atoms with Gasteiger partial charge < -0.3 is 9.84 Å². The zero-order valence-corrected chi connectivity index (χ0v) is 11.0. The highest BCUT2D eigenvalue weighted by Crippen LogP contribution is 2.23. The molecule has 0 aliphatic carbocycles. The van der Waals surface area contributed by atoms with Gasteiger partial charge in [-0.15, -0.1) is 0 Å². The number of aromatic nitrogens is 1. The molecule has 0 spiro atoms. The molecule has 0 radical (unpaired) electrons. The van der Waals surface area contributed by atoms with Crippen molar-refractivity contribution in [3.8, 4) is 17.7 Å². The second-order valence-electron chi connectivity index (χ2n) is 3.90. The van der Waals surface area contributed by atoms with E-state index in [1.54, 1.807) is 24.3 Å². The van der Waals surface area contributed by atoms with Gasteiger partial charge in [0.15, 0.2) is 0 Å². The summed E-state index contributed by atoms with van der Waals surface area (Å²) in [5.41, 5.74) is 0.867. The van der Waals surface area contributed by atoms with Crippen molar-refractivity contribution in [2.24, 2.45) is 0 Å². The predicted octanol–water partition coefficient (Wildman–Crippen LogP) is 3.29. The summed E-state index contributed by atoms with van der Waals surface area (Å²) < 4.78 is 5.44. The Kier molecular flexibility index (Phi) is 4.18. The molecule has 6 heteroatoms. The van der Waals surface area contributed by atoms with Crippen LogP contribution in [0.15, 0.2) is 36.4 Å². The Morgan fingerprint density at radius 2 is 2.05 bits per heavy atom. The number of rotatable bonds is 4. The molecule has 0 unspecified atom stereocenters. The van der Waals surface area contributed by atoms with E-state index in [4.69, 9.17) is 26.7 Å². The van der Waals surface area contributed by atoms with Crippen molar-refractivity contribution in [1.82, 2.24) is 4.98 Å². The number of carbonyl (C=O) groups is 1. The fourth-order valence-corrected chi connectivity index (χ4v) is 1.74. The minimum absolute atomic E-state index is 0.00102. The van der Waals surface area contributed by atoms with Crippen LogP contribution in [0.2, 0.25) is 5.15 Å². The number of carboxylic acid groups (broad SMARTS) is 1. The number of ether oxygens (including phenoxy) is 1. The molecule has 0 atom stereocenters. The zero-order valence-electron chi connectivity index (χ0n) is 10.2. The van der Waals surface area contributed by atoms with E-state index in [9.17, 15) is 4.79 Å². The molecule has 2 aromatic rings. The quantitative estimate of drug-likeness (QED) is 0.873. The minimum atomic E-state index is -1.11. The molecule has 20 heavy (non-hydrogen) atoms. The summed E-state index contributed by atoms with van der Waals surface area (Å²) >= 11 is 5.74. The van der Waals surface area contributed by atoms with E-state index in [0.29, 0.717) is 12.2 Å². The molecule has 1 aromatic carbocycles. The van der Waals surface area contributed by atoms with Crippen LogP contribution in [0.4, 0.5) is 0 Å². The van der Waals surface area contributed by atoms with Crippen LogP contribution < -0.4 is 4.74 Å². The van der Waals surface area contributed by atoms with Crippen LogP contribution in [0.5, 0.6) is 11.6 Å². The topological polar surface area (TPSA) is 83.2 Å². The van der Waals surface area contributed by atoms with Gasteiger partial charge in [-0.3, -0.25) is 0 Å². The monoisotopic (exact) mass is 288 g/mol. The first kappa shape index (κ1) is 13.8. The Hall–Kier alpha value is -2.58. The fraction of sp³-hybridized carbons (Fsp3) is 0.0714. The maximum absolute atomic E-state index is 10.9. The molecule has 1 heterocycles. The molecule has 0 fully saturated rings. The second kappa shape index (κ2) is 6.04. The van der Waals surface area contributed by atoms with Crippen molar-refractivity contribution in [1.29, 1.82) is 5.26 Å². The second-order valence-corrected chi connectivity index (χ2v) is 4.29. The van der Waals surface area contributed by atoms with E-state index in [1.165, 1.54) is 12.1 Å². The SMILES string of the molecule is N#CCc1ccc(Oc2cc(C(=O)O)cc(Cl)n2)cc1. The third-order valence-corrected chi connectivity index (χ3v) is 2.64. The van der Waals surface area contributed by atoms with Gasteiger partial charge in [0.1, 0.15) is 10.9 Å². The summed E-state index contributed by atoms with van der Waals surface area (Å²) in [5, 5.41) is 17.5. The molecule has 0 saturated heterocycles. The number of benzene rings is 1. The van der Waals surface area contributed by atoms with Gasteiger partial charge in [0.2, 0.25) is 5.88 Å². The molecule has 1 N–H and O–H groups in total. The Bertz CT molecular complexity index is 678. The molecule has 100 valence electrons. The van der Waals surface area contributed by atoms with Crippen LogP contribution in [0.25, 0.3) is 0 Å². The molecule has 2 rings (SSSR count). The molecule has 0 aliphatic heterocycles. The number of hydrogen-bond donors (Lipinski definition) is 1. The van der Waals surface area contributed by atoms with Gasteiger partial charge in [-0.05, 0) is 23.8 Å². The van der Waals surface area contributed by atoms with Crippen molar-refractivity contribution < 1.29 is 14.6 Å². The Balaban J connectivity index is 2.21. The van der Waals surface area contributed by atoms with Crippen LogP contribution in [0, 0.1) is 11.3 Å². The van der Waals surface area contributed by atoms with Crippen LogP contribution in [-0.4, -0.2) is 16.1 Å². The van der Waals surface area contributed by atoms with Gasteiger partial charge in [-0.2, -0.15) is 5.26 Å². The predicted molar refractivity (Wildman–Crippen MR) is 72.0 cm³/mol. The molecular formula is C14H9ClN2O3. The molecular weight excluding hydrogens is 280 g/mol. The lowest BCUT2D eigenvalue weighted by Crippen LogP contribution is -1.98. The van der Waals surface area contributed by atoms with E-state index in [2.05, 4.69) is 4.98 Å². The van der Waals surface area contributed by atoms with Crippen LogP contribution in [-0.2, 0) is 6.42 Å². The summed E-state index contributed by atoms with van der Waals surface area (Å²) in [6.07, 6.45) is 0.318. The average molecular weight is 289 g/mol. The normalized spacial score (nSPS) is 9.80.